The number of anilines is 1. The van der Waals surface area contributed by atoms with Gasteiger partial charge in [0.1, 0.15) is 5.82 Å². The molecule has 1 aliphatic heterocycles. The highest BCUT2D eigenvalue weighted by Crippen LogP contribution is 2.13. The number of aromatic carboxylic acids is 1. The quantitative estimate of drug-likeness (QED) is 0.771. The van der Waals surface area contributed by atoms with Gasteiger partial charge in [0.05, 0.1) is 19.0 Å². The molecule has 2 rings (SSSR count). The van der Waals surface area contributed by atoms with Gasteiger partial charge in [-0.3, -0.25) is 9.88 Å². The van der Waals surface area contributed by atoms with Gasteiger partial charge in [0.25, 0.3) is 0 Å². The smallest absolute Gasteiger partial charge is 0.356 e. The van der Waals surface area contributed by atoms with E-state index in [1.165, 1.54) is 6.20 Å². The summed E-state index contributed by atoms with van der Waals surface area (Å²) in [5.41, 5.74) is -0.0334. The highest BCUT2D eigenvalue weighted by Gasteiger charge is 2.17. The number of hydrogen-bond donors (Lipinski definition) is 2. The first-order valence-electron chi connectivity index (χ1n) is 6.34. The number of aliphatic hydroxyl groups excluding tert-OH is 1. The van der Waals surface area contributed by atoms with Gasteiger partial charge in [0.2, 0.25) is 0 Å². The van der Waals surface area contributed by atoms with E-state index in [-0.39, 0.29) is 12.3 Å². The van der Waals surface area contributed by atoms with Gasteiger partial charge < -0.3 is 15.1 Å². The van der Waals surface area contributed by atoms with Gasteiger partial charge >= 0.3 is 5.97 Å². The molecule has 2 N–H and O–H groups in total. The second kappa shape index (κ2) is 6.44. The molecular formula is C12H18N4O3. The fourth-order valence-corrected chi connectivity index (χ4v) is 2.18. The maximum atomic E-state index is 10.9. The van der Waals surface area contributed by atoms with Crippen molar-refractivity contribution in [2.45, 2.75) is 6.42 Å². The third-order valence-electron chi connectivity index (χ3n) is 3.17. The van der Waals surface area contributed by atoms with Gasteiger partial charge in [0.15, 0.2) is 5.69 Å². The monoisotopic (exact) mass is 266 g/mol. The Bertz CT molecular complexity index is 441. The lowest BCUT2D eigenvalue weighted by Gasteiger charge is -2.22. The Kier molecular flexibility index (Phi) is 4.64. The molecule has 0 radical (unpaired) electrons. The summed E-state index contributed by atoms with van der Waals surface area (Å²) in [6, 6.07) is 0. The first-order chi connectivity index (χ1) is 9.20. The van der Waals surface area contributed by atoms with Gasteiger partial charge in [-0.25, -0.2) is 9.78 Å². The van der Waals surface area contributed by atoms with Crippen LogP contribution in [0.3, 0.4) is 0 Å². The van der Waals surface area contributed by atoms with Gasteiger partial charge in [0, 0.05) is 26.2 Å². The molecule has 1 aromatic rings. The third kappa shape index (κ3) is 3.62. The van der Waals surface area contributed by atoms with Crippen molar-refractivity contribution in [3.8, 4) is 0 Å². The fourth-order valence-electron chi connectivity index (χ4n) is 2.18. The van der Waals surface area contributed by atoms with Crippen molar-refractivity contribution in [1.29, 1.82) is 0 Å². The van der Waals surface area contributed by atoms with E-state index in [0.717, 1.165) is 32.6 Å². The summed E-state index contributed by atoms with van der Waals surface area (Å²) < 4.78 is 0. The number of aliphatic hydroxyl groups is 1. The van der Waals surface area contributed by atoms with E-state index in [1.807, 2.05) is 4.90 Å². The summed E-state index contributed by atoms with van der Waals surface area (Å²) in [6.45, 7) is 4.18. The molecular weight excluding hydrogens is 248 g/mol. The van der Waals surface area contributed by atoms with Crippen LogP contribution in [0.5, 0.6) is 0 Å². The molecule has 0 bridgehead atoms. The summed E-state index contributed by atoms with van der Waals surface area (Å²) in [5, 5.41) is 17.9. The summed E-state index contributed by atoms with van der Waals surface area (Å²) in [4.78, 5) is 23.1. The minimum Gasteiger partial charge on any atom is -0.476 e. The Labute approximate surface area is 111 Å². The first-order valence-corrected chi connectivity index (χ1v) is 6.34. The standard InChI is InChI=1S/C12H18N4O3/c17-7-6-15-2-1-3-16(5-4-15)11-9-13-8-10(14-11)12(18)19/h8-9,17H,1-7H2,(H,18,19). The minimum absolute atomic E-state index is 0.0334. The number of nitrogens with zero attached hydrogens (tertiary/aromatic N) is 4. The number of β-amino-alcohol motifs (C(OH)–C–C–N with tert-alkyl or cyclic N) is 1. The molecule has 104 valence electrons. The zero-order chi connectivity index (χ0) is 13.7. The lowest BCUT2D eigenvalue weighted by molar-refractivity contribution is 0.0690. The molecule has 1 fully saturated rings. The zero-order valence-electron chi connectivity index (χ0n) is 10.7. The van der Waals surface area contributed by atoms with Crippen molar-refractivity contribution in [2.75, 3.05) is 44.2 Å². The predicted molar refractivity (Wildman–Crippen MR) is 69.3 cm³/mol. The van der Waals surface area contributed by atoms with Crippen LogP contribution in [0.4, 0.5) is 5.82 Å². The van der Waals surface area contributed by atoms with Gasteiger partial charge in [-0.15, -0.1) is 0 Å². The van der Waals surface area contributed by atoms with Crippen LogP contribution in [0, 0.1) is 0 Å². The Hall–Kier alpha value is -1.73. The molecule has 0 aromatic carbocycles. The van der Waals surface area contributed by atoms with E-state index < -0.39 is 5.97 Å². The molecule has 0 saturated carbocycles. The van der Waals surface area contributed by atoms with Crippen LogP contribution in [0.2, 0.25) is 0 Å². The second-order valence-corrected chi connectivity index (χ2v) is 4.47. The highest BCUT2D eigenvalue weighted by molar-refractivity contribution is 5.85. The number of carbonyl (C=O) groups is 1. The lowest BCUT2D eigenvalue weighted by Crippen LogP contribution is -2.33. The SMILES string of the molecule is O=C(O)c1cncc(N2CCCN(CCO)CC2)n1. The Morgan fingerprint density at radius 1 is 1.26 bits per heavy atom. The van der Waals surface area contributed by atoms with Crippen LogP contribution in [0.15, 0.2) is 12.4 Å². The van der Waals surface area contributed by atoms with E-state index in [0.29, 0.717) is 12.4 Å². The molecule has 1 saturated heterocycles. The topological polar surface area (TPSA) is 89.8 Å². The van der Waals surface area contributed by atoms with Crippen molar-refractivity contribution in [3.63, 3.8) is 0 Å². The van der Waals surface area contributed by atoms with Gasteiger partial charge in [-0.1, -0.05) is 0 Å². The van der Waals surface area contributed by atoms with E-state index in [2.05, 4.69) is 14.9 Å². The molecule has 1 aliphatic rings. The zero-order valence-corrected chi connectivity index (χ0v) is 10.7. The number of aromatic nitrogens is 2. The van der Waals surface area contributed by atoms with Crippen molar-refractivity contribution >= 4 is 11.8 Å². The molecule has 0 amide bonds. The molecule has 0 atom stereocenters. The van der Waals surface area contributed by atoms with Crippen molar-refractivity contribution in [3.05, 3.63) is 18.1 Å². The summed E-state index contributed by atoms with van der Waals surface area (Å²) in [5.74, 6) is -0.461. The number of hydrogen-bond acceptors (Lipinski definition) is 6. The normalized spacial score (nSPS) is 17.2. The van der Waals surface area contributed by atoms with Crippen LogP contribution >= 0.6 is 0 Å². The molecule has 7 nitrogen and oxygen atoms in total. The Balaban J connectivity index is 2.05. The molecule has 1 aromatic heterocycles. The molecule has 0 spiro atoms. The van der Waals surface area contributed by atoms with Crippen LogP contribution in [0.1, 0.15) is 16.9 Å². The van der Waals surface area contributed by atoms with E-state index in [4.69, 9.17) is 10.2 Å². The minimum atomic E-state index is -1.06. The van der Waals surface area contributed by atoms with E-state index >= 15 is 0 Å². The van der Waals surface area contributed by atoms with Gasteiger partial charge in [-0.2, -0.15) is 0 Å². The highest BCUT2D eigenvalue weighted by atomic mass is 16.4. The van der Waals surface area contributed by atoms with Crippen LogP contribution in [0.25, 0.3) is 0 Å². The average molecular weight is 266 g/mol. The number of rotatable bonds is 4. The Morgan fingerprint density at radius 2 is 2.11 bits per heavy atom. The van der Waals surface area contributed by atoms with Crippen LogP contribution in [-0.4, -0.2) is 70.4 Å². The van der Waals surface area contributed by atoms with E-state index in [9.17, 15) is 4.79 Å². The lowest BCUT2D eigenvalue weighted by atomic mass is 10.3. The van der Waals surface area contributed by atoms with Gasteiger partial charge in [-0.05, 0) is 13.0 Å². The molecule has 7 heteroatoms. The van der Waals surface area contributed by atoms with Crippen molar-refractivity contribution < 1.29 is 15.0 Å². The Morgan fingerprint density at radius 3 is 2.84 bits per heavy atom. The summed E-state index contributed by atoms with van der Waals surface area (Å²) in [6.07, 6.45) is 3.80. The molecule has 19 heavy (non-hydrogen) atoms. The molecule has 0 unspecified atom stereocenters. The van der Waals surface area contributed by atoms with Crippen molar-refractivity contribution in [1.82, 2.24) is 14.9 Å². The molecule has 2 heterocycles. The average Bonchev–Trinajstić information content (AvgIpc) is 2.65. The number of carboxylic acid groups (broad SMARTS) is 1. The third-order valence-corrected chi connectivity index (χ3v) is 3.17. The maximum absolute atomic E-state index is 10.9. The van der Waals surface area contributed by atoms with Crippen molar-refractivity contribution in [2.24, 2.45) is 0 Å². The summed E-state index contributed by atoms with van der Waals surface area (Å²) >= 11 is 0. The maximum Gasteiger partial charge on any atom is 0.356 e. The summed E-state index contributed by atoms with van der Waals surface area (Å²) in [7, 11) is 0. The molecule has 0 aliphatic carbocycles. The first kappa shape index (κ1) is 13.7. The largest absolute Gasteiger partial charge is 0.476 e. The van der Waals surface area contributed by atoms with E-state index in [1.54, 1.807) is 6.20 Å². The number of carboxylic acids is 1. The predicted octanol–water partition coefficient (Wildman–Crippen LogP) is -0.321. The fraction of sp³-hybridized carbons (Fsp3) is 0.583. The van der Waals surface area contributed by atoms with Crippen LogP contribution < -0.4 is 4.90 Å². The van der Waals surface area contributed by atoms with Crippen LogP contribution in [-0.2, 0) is 0 Å². The second-order valence-electron chi connectivity index (χ2n) is 4.47.